The molecule has 0 aliphatic carbocycles. The molecule has 0 aromatic carbocycles. The molecule has 0 bridgehead atoms. The van der Waals surface area contributed by atoms with Crippen LogP contribution in [0, 0.1) is 0 Å². The van der Waals surface area contributed by atoms with Gasteiger partial charge >= 0.3 is 14.3 Å². The maximum atomic E-state index is 11.1. The summed E-state index contributed by atoms with van der Waals surface area (Å²) in [6.07, 6.45) is -1.26. The van der Waals surface area contributed by atoms with E-state index in [1.807, 2.05) is 0 Å². The monoisotopic (exact) mass is 201 g/mol. The smallest absolute Gasteiger partial charge is 0.336 e. The molecule has 0 radical (unpaired) electrons. The Kier molecular flexibility index (Phi) is 2.27. The van der Waals surface area contributed by atoms with Gasteiger partial charge in [0, 0.05) is 6.16 Å². The van der Waals surface area contributed by atoms with E-state index < -0.39 is 20.8 Å². The van der Waals surface area contributed by atoms with Gasteiger partial charge in [0.05, 0.1) is 0 Å². The van der Waals surface area contributed by atoms with Crippen molar-refractivity contribution in [1.29, 1.82) is 0 Å². The van der Waals surface area contributed by atoms with E-state index in [-0.39, 0.29) is 6.16 Å². The van der Waals surface area contributed by atoms with Crippen LogP contribution in [0.2, 0.25) is 0 Å². The van der Waals surface area contributed by atoms with Crippen LogP contribution in [0.1, 0.15) is 6.92 Å². The molecule has 1 atom stereocenters. The fourth-order valence-corrected chi connectivity index (χ4v) is 4.25. The molecule has 0 saturated carbocycles. The summed E-state index contributed by atoms with van der Waals surface area (Å²) in [6, 6.07) is 0. The second-order valence-electron chi connectivity index (χ2n) is 2.03. The van der Waals surface area contributed by atoms with E-state index in [2.05, 4.69) is 9.05 Å². The Morgan fingerprint density at radius 1 is 1.73 bits per heavy atom. The highest BCUT2D eigenvalue weighted by Gasteiger charge is 2.54. The minimum absolute atomic E-state index is 0.142. The van der Waals surface area contributed by atoms with Crippen LogP contribution in [-0.2, 0) is 18.2 Å². The van der Waals surface area contributed by atoms with Crippen molar-refractivity contribution in [3.05, 3.63) is 0 Å². The SMILES string of the molecule is CCP(=O)(O)P1(=O)OC(N)O1. The third kappa shape index (κ3) is 1.43. The fraction of sp³-hybridized carbons (Fsp3) is 1.00. The van der Waals surface area contributed by atoms with Gasteiger partial charge in [-0.05, 0) is 0 Å². The predicted molar refractivity (Wildman–Crippen MR) is 38.1 cm³/mol. The lowest BCUT2D eigenvalue weighted by atomic mass is 11.0. The molecule has 1 aliphatic heterocycles. The Balaban J connectivity index is 2.77. The summed E-state index contributed by atoms with van der Waals surface area (Å²) in [7, 11) is -7.56. The van der Waals surface area contributed by atoms with Crippen molar-refractivity contribution in [1.82, 2.24) is 0 Å². The van der Waals surface area contributed by atoms with E-state index in [0.717, 1.165) is 0 Å². The topological polar surface area (TPSA) is 98.8 Å². The normalized spacial score (nSPS) is 42.6. The van der Waals surface area contributed by atoms with Crippen LogP contribution in [0.3, 0.4) is 0 Å². The molecular weight excluding hydrogens is 192 g/mol. The van der Waals surface area contributed by atoms with Gasteiger partial charge in [0.1, 0.15) is 0 Å². The van der Waals surface area contributed by atoms with Crippen molar-refractivity contribution < 1.29 is 23.1 Å². The lowest BCUT2D eigenvalue weighted by molar-refractivity contribution is -0.0783. The maximum Gasteiger partial charge on any atom is 0.419 e. The summed E-state index contributed by atoms with van der Waals surface area (Å²) >= 11 is 0. The van der Waals surface area contributed by atoms with E-state index in [9.17, 15) is 9.13 Å². The van der Waals surface area contributed by atoms with Crippen LogP contribution in [0.25, 0.3) is 0 Å². The summed E-state index contributed by atoms with van der Waals surface area (Å²) in [5.74, 6) is 0. The number of nitrogens with two attached hydrogens (primary N) is 1. The summed E-state index contributed by atoms with van der Waals surface area (Å²) in [5.41, 5.74) is 4.96. The average molecular weight is 201 g/mol. The molecule has 1 fully saturated rings. The second-order valence-corrected chi connectivity index (χ2v) is 8.69. The highest BCUT2D eigenvalue weighted by atomic mass is 32.1. The van der Waals surface area contributed by atoms with Crippen LogP contribution in [0.15, 0.2) is 0 Å². The molecule has 0 spiro atoms. The number of hydrogen-bond donors (Lipinski definition) is 2. The van der Waals surface area contributed by atoms with E-state index in [0.29, 0.717) is 0 Å². The van der Waals surface area contributed by atoms with Crippen LogP contribution in [0.5, 0.6) is 0 Å². The van der Waals surface area contributed by atoms with Crippen molar-refractivity contribution >= 4 is 14.3 Å². The molecule has 66 valence electrons. The maximum absolute atomic E-state index is 11.1. The Morgan fingerprint density at radius 2 is 2.18 bits per heavy atom. The van der Waals surface area contributed by atoms with Crippen molar-refractivity contribution in [2.24, 2.45) is 5.73 Å². The summed E-state index contributed by atoms with van der Waals surface area (Å²) < 4.78 is 30.9. The van der Waals surface area contributed by atoms with E-state index in [1.165, 1.54) is 6.92 Å². The molecule has 1 aliphatic rings. The third-order valence-corrected chi connectivity index (χ3v) is 7.52. The first kappa shape index (κ1) is 9.39. The van der Waals surface area contributed by atoms with Gasteiger partial charge in [0.15, 0.2) is 0 Å². The van der Waals surface area contributed by atoms with Crippen LogP contribution in [-0.4, -0.2) is 17.5 Å². The molecule has 3 N–H and O–H groups in total. The number of rotatable bonds is 2. The lowest BCUT2D eigenvalue weighted by Gasteiger charge is -2.33. The molecule has 0 aromatic rings. The quantitative estimate of drug-likeness (QED) is 0.637. The fourth-order valence-electron chi connectivity index (χ4n) is 0.591. The van der Waals surface area contributed by atoms with Crippen LogP contribution >= 0.6 is 14.3 Å². The standard InChI is InChI=1S/C3H9NO5P2/c1-2-10(5,6)11(7)8-3(4)9-11/h3H,2,4H2,1H3,(H,5,6). The van der Waals surface area contributed by atoms with Gasteiger partial charge in [-0.1, -0.05) is 6.92 Å². The minimum atomic E-state index is -3.80. The van der Waals surface area contributed by atoms with Gasteiger partial charge in [-0.25, -0.2) is 4.57 Å². The molecule has 1 unspecified atom stereocenters. The lowest BCUT2D eigenvalue weighted by Crippen LogP contribution is -2.34. The molecule has 1 heterocycles. The molecule has 11 heavy (non-hydrogen) atoms. The first-order valence-electron chi connectivity index (χ1n) is 2.96. The zero-order valence-corrected chi connectivity index (χ0v) is 7.63. The van der Waals surface area contributed by atoms with Crippen molar-refractivity contribution in [3.63, 3.8) is 0 Å². The van der Waals surface area contributed by atoms with E-state index >= 15 is 0 Å². The van der Waals surface area contributed by atoms with Gasteiger partial charge in [-0.15, -0.1) is 0 Å². The molecule has 0 aromatic heterocycles. The van der Waals surface area contributed by atoms with E-state index in [4.69, 9.17) is 10.6 Å². The molecule has 1 saturated heterocycles. The molecular formula is C3H9NO5P2. The summed E-state index contributed by atoms with van der Waals surface area (Å²) in [5, 5.41) is 0. The molecule has 8 heteroatoms. The average Bonchev–Trinajstić information content (AvgIpc) is 1.85. The Morgan fingerprint density at radius 3 is 2.45 bits per heavy atom. The van der Waals surface area contributed by atoms with Crippen molar-refractivity contribution in [2.45, 2.75) is 13.3 Å². The van der Waals surface area contributed by atoms with Gasteiger partial charge < -0.3 is 4.89 Å². The zero-order valence-electron chi connectivity index (χ0n) is 5.84. The minimum Gasteiger partial charge on any atom is -0.336 e. The molecule has 6 nitrogen and oxygen atoms in total. The first-order valence-corrected chi connectivity index (χ1v) is 7.05. The van der Waals surface area contributed by atoms with Gasteiger partial charge in [0.2, 0.25) is 6.41 Å². The molecule has 1 rings (SSSR count). The first-order chi connectivity index (χ1) is 4.91. The van der Waals surface area contributed by atoms with Gasteiger partial charge in [-0.2, -0.15) is 0 Å². The summed E-state index contributed by atoms with van der Waals surface area (Å²) in [6.45, 7) is 1.43. The summed E-state index contributed by atoms with van der Waals surface area (Å²) in [4.78, 5) is 9.01. The molecule has 0 amide bonds. The Hall–Kier alpha value is 0.300. The van der Waals surface area contributed by atoms with Gasteiger partial charge in [-0.3, -0.25) is 19.3 Å². The van der Waals surface area contributed by atoms with Gasteiger partial charge in [0.25, 0.3) is 0 Å². The van der Waals surface area contributed by atoms with E-state index in [1.54, 1.807) is 0 Å². The van der Waals surface area contributed by atoms with Crippen molar-refractivity contribution in [2.75, 3.05) is 6.16 Å². The Labute approximate surface area is 63.6 Å². The van der Waals surface area contributed by atoms with Crippen molar-refractivity contribution in [3.8, 4) is 0 Å². The highest BCUT2D eigenvalue weighted by molar-refractivity contribution is 8.29. The number of hydrogen-bond acceptors (Lipinski definition) is 5. The Bertz CT molecular complexity index is 242. The third-order valence-electron chi connectivity index (χ3n) is 1.27. The highest BCUT2D eigenvalue weighted by Crippen LogP contribution is 2.84. The predicted octanol–water partition coefficient (Wildman–Crippen LogP) is 0.674. The zero-order chi connectivity index (χ0) is 8.70. The van der Waals surface area contributed by atoms with Crippen LogP contribution < -0.4 is 5.73 Å². The largest absolute Gasteiger partial charge is 0.419 e. The second kappa shape index (κ2) is 2.66. The van der Waals surface area contributed by atoms with Crippen LogP contribution in [0.4, 0.5) is 0 Å².